The third-order valence-corrected chi connectivity index (χ3v) is 2.22. The lowest BCUT2D eigenvalue weighted by molar-refractivity contribution is 0.168. The molecule has 0 spiro atoms. The largest absolute Gasteiger partial charge is 0.508 e. The van der Waals surface area contributed by atoms with Gasteiger partial charge in [0.25, 0.3) is 0 Å². The summed E-state index contributed by atoms with van der Waals surface area (Å²) >= 11 is 5.38. The number of methoxy groups -OCH3 is 1. The minimum Gasteiger partial charge on any atom is -0.508 e. The van der Waals surface area contributed by atoms with Crippen molar-refractivity contribution in [3.8, 4) is 11.5 Å². The number of ether oxygens (including phenoxy) is 2. The fourth-order valence-electron chi connectivity index (χ4n) is 1.21. The quantitative estimate of drug-likeness (QED) is 0.816. The first-order chi connectivity index (χ1) is 8.08. The zero-order valence-electron chi connectivity index (χ0n) is 9.62. The van der Waals surface area contributed by atoms with E-state index in [0.29, 0.717) is 17.0 Å². The lowest BCUT2D eigenvalue weighted by Crippen LogP contribution is -2.15. The molecular weight excluding hydrogens is 246 g/mol. The fourth-order valence-corrected chi connectivity index (χ4v) is 1.29. The number of aromatic hydroxyl groups is 1. The van der Waals surface area contributed by atoms with Crippen LogP contribution >= 0.6 is 11.6 Å². The number of hydrogen-bond acceptors (Lipinski definition) is 4. The molecule has 0 aromatic heterocycles. The van der Waals surface area contributed by atoms with E-state index in [4.69, 9.17) is 21.1 Å². The molecule has 0 aliphatic heterocycles. The topological polar surface area (TPSA) is 67.8 Å². The van der Waals surface area contributed by atoms with Crippen molar-refractivity contribution in [1.82, 2.24) is 0 Å². The molecule has 94 valence electrons. The summed E-state index contributed by atoms with van der Waals surface area (Å²) in [6.45, 7) is 1.85. The van der Waals surface area contributed by atoms with Gasteiger partial charge in [0.2, 0.25) is 0 Å². The summed E-state index contributed by atoms with van der Waals surface area (Å²) in [5, 5.41) is 12.0. The molecule has 1 aromatic rings. The van der Waals surface area contributed by atoms with Crippen molar-refractivity contribution in [2.24, 2.45) is 0 Å². The summed E-state index contributed by atoms with van der Waals surface area (Å²) < 4.78 is 9.82. The van der Waals surface area contributed by atoms with Gasteiger partial charge in [-0.15, -0.1) is 11.6 Å². The zero-order valence-corrected chi connectivity index (χ0v) is 10.4. The molecule has 0 heterocycles. The molecule has 0 radical (unpaired) electrons. The molecule has 0 bridgehead atoms. The predicted octanol–water partition coefficient (Wildman–Crippen LogP) is 2.50. The minimum absolute atomic E-state index is 0.0680. The second-order valence-electron chi connectivity index (χ2n) is 3.29. The number of amides is 1. The molecule has 1 amide bonds. The van der Waals surface area contributed by atoms with Crippen LogP contribution in [0.4, 0.5) is 10.5 Å². The molecule has 6 heteroatoms. The minimum atomic E-state index is -0.646. The van der Waals surface area contributed by atoms with Crippen LogP contribution in [0, 0.1) is 6.92 Å². The number of carbonyl (C=O) groups excluding carboxylic acids is 1. The van der Waals surface area contributed by atoms with E-state index in [1.165, 1.54) is 13.2 Å². The van der Waals surface area contributed by atoms with Crippen LogP contribution in [0.5, 0.6) is 11.5 Å². The van der Waals surface area contributed by atoms with Gasteiger partial charge in [-0.3, -0.25) is 5.32 Å². The molecule has 0 saturated carbocycles. The monoisotopic (exact) mass is 259 g/mol. The number of phenolic OH excluding ortho intramolecular Hbond substituents is 1. The molecule has 1 aromatic carbocycles. The lowest BCUT2D eigenvalue weighted by atomic mass is 10.2. The highest BCUT2D eigenvalue weighted by atomic mass is 35.5. The van der Waals surface area contributed by atoms with Crippen molar-refractivity contribution in [3.63, 3.8) is 0 Å². The predicted molar refractivity (Wildman–Crippen MR) is 65.1 cm³/mol. The third kappa shape index (κ3) is 3.71. The van der Waals surface area contributed by atoms with E-state index in [-0.39, 0.29) is 18.2 Å². The molecule has 0 atom stereocenters. The van der Waals surface area contributed by atoms with Crippen molar-refractivity contribution in [2.75, 3.05) is 24.9 Å². The molecule has 5 nitrogen and oxygen atoms in total. The standard InChI is InChI=1S/C11H14ClNO4/c1-7-5-10(16-2)8(6-9(7)14)13-11(15)17-4-3-12/h5-6,14H,3-4H2,1-2H3,(H,13,15). The Morgan fingerprint density at radius 1 is 1.53 bits per heavy atom. The molecular formula is C11H14ClNO4. The maximum absolute atomic E-state index is 11.3. The summed E-state index contributed by atoms with van der Waals surface area (Å²) in [5.41, 5.74) is 0.997. The Morgan fingerprint density at radius 3 is 2.82 bits per heavy atom. The Morgan fingerprint density at radius 2 is 2.24 bits per heavy atom. The highest BCUT2D eigenvalue weighted by molar-refractivity contribution is 6.18. The number of aryl methyl sites for hydroxylation is 1. The summed E-state index contributed by atoms with van der Waals surface area (Å²) in [7, 11) is 1.47. The van der Waals surface area contributed by atoms with E-state index in [9.17, 15) is 9.90 Å². The van der Waals surface area contributed by atoms with E-state index in [1.807, 2.05) is 0 Å². The number of carbonyl (C=O) groups is 1. The maximum atomic E-state index is 11.3. The number of nitrogens with one attached hydrogen (secondary N) is 1. The van der Waals surface area contributed by atoms with Crippen LogP contribution in [0.1, 0.15) is 5.56 Å². The van der Waals surface area contributed by atoms with Crippen molar-refractivity contribution in [3.05, 3.63) is 17.7 Å². The molecule has 0 unspecified atom stereocenters. The van der Waals surface area contributed by atoms with E-state index >= 15 is 0 Å². The Bertz CT molecular complexity index is 409. The molecule has 0 saturated heterocycles. The number of hydrogen-bond donors (Lipinski definition) is 2. The van der Waals surface area contributed by atoms with Crippen LogP contribution in [0.3, 0.4) is 0 Å². The van der Waals surface area contributed by atoms with Gasteiger partial charge < -0.3 is 14.6 Å². The van der Waals surface area contributed by atoms with Crippen LogP contribution in [0.15, 0.2) is 12.1 Å². The first-order valence-electron chi connectivity index (χ1n) is 4.95. The second kappa shape index (κ2) is 6.20. The molecule has 1 rings (SSSR count). The average Bonchev–Trinajstić information content (AvgIpc) is 2.31. The van der Waals surface area contributed by atoms with E-state index in [0.717, 1.165) is 0 Å². The van der Waals surface area contributed by atoms with Crippen LogP contribution in [0.25, 0.3) is 0 Å². The van der Waals surface area contributed by atoms with E-state index < -0.39 is 6.09 Å². The van der Waals surface area contributed by atoms with Crippen molar-refractivity contribution in [1.29, 1.82) is 0 Å². The van der Waals surface area contributed by atoms with Gasteiger partial charge in [0.15, 0.2) is 0 Å². The first kappa shape index (κ1) is 13.4. The second-order valence-corrected chi connectivity index (χ2v) is 3.67. The summed E-state index contributed by atoms with van der Waals surface area (Å²) in [4.78, 5) is 11.3. The van der Waals surface area contributed by atoms with E-state index in [2.05, 4.69) is 5.32 Å². The van der Waals surface area contributed by atoms with Gasteiger partial charge in [0.1, 0.15) is 18.1 Å². The van der Waals surface area contributed by atoms with Crippen molar-refractivity contribution >= 4 is 23.4 Å². The molecule has 2 N–H and O–H groups in total. The number of alkyl halides is 1. The number of anilines is 1. The van der Waals surface area contributed by atoms with Gasteiger partial charge in [-0.05, 0) is 18.6 Å². The first-order valence-corrected chi connectivity index (χ1v) is 5.49. The fraction of sp³-hybridized carbons (Fsp3) is 0.364. The van der Waals surface area contributed by atoms with Crippen LogP contribution in [-0.4, -0.2) is 30.8 Å². The van der Waals surface area contributed by atoms with Crippen LogP contribution in [0.2, 0.25) is 0 Å². The Hall–Kier alpha value is -1.62. The highest BCUT2D eigenvalue weighted by Gasteiger charge is 2.11. The van der Waals surface area contributed by atoms with Crippen molar-refractivity contribution in [2.45, 2.75) is 6.92 Å². The smallest absolute Gasteiger partial charge is 0.411 e. The molecule has 0 aliphatic carbocycles. The average molecular weight is 260 g/mol. The van der Waals surface area contributed by atoms with Gasteiger partial charge in [-0.2, -0.15) is 0 Å². The normalized spacial score (nSPS) is 9.82. The Labute approximate surface area is 104 Å². The van der Waals surface area contributed by atoms with Gasteiger partial charge in [-0.25, -0.2) is 4.79 Å². The molecule has 0 aliphatic rings. The van der Waals surface area contributed by atoms with Crippen molar-refractivity contribution < 1.29 is 19.4 Å². The summed E-state index contributed by atoms with van der Waals surface area (Å²) in [5.74, 6) is 0.741. The Balaban J connectivity index is 2.82. The van der Waals surface area contributed by atoms with Gasteiger partial charge in [0, 0.05) is 6.07 Å². The highest BCUT2D eigenvalue weighted by Crippen LogP contribution is 2.31. The SMILES string of the molecule is COc1cc(C)c(O)cc1NC(=O)OCCCl. The van der Waals surface area contributed by atoms with Gasteiger partial charge in [0.05, 0.1) is 18.7 Å². The number of halogens is 1. The lowest BCUT2D eigenvalue weighted by Gasteiger charge is -2.12. The maximum Gasteiger partial charge on any atom is 0.411 e. The number of benzene rings is 1. The molecule has 17 heavy (non-hydrogen) atoms. The Kier molecular flexibility index (Phi) is 4.90. The van der Waals surface area contributed by atoms with Crippen LogP contribution < -0.4 is 10.1 Å². The van der Waals surface area contributed by atoms with Crippen LogP contribution in [-0.2, 0) is 4.74 Å². The third-order valence-electron chi connectivity index (χ3n) is 2.07. The number of phenols is 1. The van der Waals surface area contributed by atoms with Gasteiger partial charge in [-0.1, -0.05) is 0 Å². The van der Waals surface area contributed by atoms with E-state index in [1.54, 1.807) is 13.0 Å². The summed E-state index contributed by atoms with van der Waals surface area (Å²) in [6, 6.07) is 3.02. The molecule has 0 fully saturated rings. The number of rotatable bonds is 4. The van der Waals surface area contributed by atoms with Gasteiger partial charge >= 0.3 is 6.09 Å². The zero-order chi connectivity index (χ0) is 12.8. The summed E-state index contributed by atoms with van der Waals surface area (Å²) in [6.07, 6.45) is -0.646.